The van der Waals surface area contributed by atoms with Crippen LogP contribution < -0.4 is 0 Å². The molecule has 4 nitrogen and oxygen atoms in total. The van der Waals surface area contributed by atoms with Crippen LogP contribution in [0.1, 0.15) is 19.8 Å². The van der Waals surface area contributed by atoms with Crippen LogP contribution in [0.15, 0.2) is 23.8 Å². The van der Waals surface area contributed by atoms with Crippen LogP contribution in [-0.2, 0) is 19.1 Å². The minimum absolute atomic E-state index is 0.182. The van der Waals surface area contributed by atoms with Gasteiger partial charge in [0.1, 0.15) is 5.57 Å². The molecule has 0 atom stereocenters. The zero-order chi connectivity index (χ0) is 11.3. The van der Waals surface area contributed by atoms with Gasteiger partial charge in [-0.25, -0.2) is 4.79 Å². The Labute approximate surface area is 87.6 Å². The number of hydrogen-bond acceptors (Lipinski definition) is 4. The lowest BCUT2D eigenvalue weighted by atomic mass is 10.0. The predicted molar refractivity (Wildman–Crippen MR) is 53.1 cm³/mol. The van der Waals surface area contributed by atoms with E-state index in [0.717, 1.165) is 31.1 Å². The minimum Gasteiger partial charge on any atom is -0.462 e. The van der Waals surface area contributed by atoms with Crippen molar-refractivity contribution in [1.29, 1.82) is 0 Å². The summed E-state index contributed by atoms with van der Waals surface area (Å²) in [7, 11) is 0. The summed E-state index contributed by atoms with van der Waals surface area (Å²) in [6, 6.07) is 0. The molecule has 0 heterocycles. The van der Waals surface area contributed by atoms with Gasteiger partial charge in [-0.2, -0.15) is 0 Å². The molecule has 0 unspecified atom stereocenters. The molecule has 0 aromatic heterocycles. The molecule has 0 saturated heterocycles. The van der Waals surface area contributed by atoms with Gasteiger partial charge in [-0.3, -0.25) is 9.59 Å². The maximum Gasteiger partial charge on any atom is 0.342 e. The summed E-state index contributed by atoms with van der Waals surface area (Å²) in [5.41, 5.74) is -0.182. The Hall–Kier alpha value is -1.71. The fraction of sp³-hybridized carbons (Fsp3) is 0.364. The Morgan fingerprint density at radius 1 is 1.33 bits per heavy atom. The van der Waals surface area contributed by atoms with Gasteiger partial charge in [0, 0.05) is 6.08 Å². The van der Waals surface area contributed by atoms with Gasteiger partial charge < -0.3 is 4.74 Å². The SMILES string of the molecule is CCCCOC(=O)C1=CC(=O)C=CC1=O. The molecule has 0 bridgehead atoms. The van der Waals surface area contributed by atoms with Gasteiger partial charge in [0.25, 0.3) is 0 Å². The molecule has 0 aromatic rings. The largest absolute Gasteiger partial charge is 0.462 e. The van der Waals surface area contributed by atoms with Crippen molar-refractivity contribution in [3.63, 3.8) is 0 Å². The van der Waals surface area contributed by atoms with Crippen molar-refractivity contribution < 1.29 is 19.1 Å². The molecular formula is C11H12O4. The van der Waals surface area contributed by atoms with Crippen LogP contribution in [0.5, 0.6) is 0 Å². The molecule has 0 aromatic carbocycles. The van der Waals surface area contributed by atoms with Crippen molar-refractivity contribution in [1.82, 2.24) is 0 Å². The number of hydrogen-bond donors (Lipinski definition) is 0. The average Bonchev–Trinajstić information content (AvgIpc) is 2.22. The summed E-state index contributed by atoms with van der Waals surface area (Å²) < 4.78 is 4.83. The molecule has 0 N–H and O–H groups in total. The van der Waals surface area contributed by atoms with Gasteiger partial charge in [0.2, 0.25) is 0 Å². The van der Waals surface area contributed by atoms with Gasteiger partial charge >= 0.3 is 5.97 Å². The fourth-order valence-corrected chi connectivity index (χ4v) is 1.06. The first kappa shape index (κ1) is 11.4. The fourth-order valence-electron chi connectivity index (χ4n) is 1.06. The molecular weight excluding hydrogens is 196 g/mol. The summed E-state index contributed by atoms with van der Waals surface area (Å²) in [5.74, 6) is -1.56. The normalized spacial score (nSPS) is 15.1. The van der Waals surface area contributed by atoms with Crippen LogP contribution in [0.3, 0.4) is 0 Å². The molecule has 0 saturated carbocycles. The third-order valence-electron chi connectivity index (χ3n) is 1.90. The smallest absolute Gasteiger partial charge is 0.342 e. The number of ketones is 2. The minimum atomic E-state index is -0.717. The van der Waals surface area contributed by atoms with Crippen LogP contribution in [0.4, 0.5) is 0 Å². The summed E-state index contributed by atoms with van der Waals surface area (Å²) in [4.78, 5) is 33.5. The molecule has 0 fully saturated rings. The van der Waals surface area contributed by atoms with E-state index in [0.29, 0.717) is 0 Å². The molecule has 4 heteroatoms. The molecule has 15 heavy (non-hydrogen) atoms. The first-order chi connectivity index (χ1) is 7.15. The highest BCUT2D eigenvalue weighted by atomic mass is 16.5. The Bertz CT molecular complexity index is 350. The summed E-state index contributed by atoms with van der Waals surface area (Å²) in [5, 5.41) is 0. The molecule has 0 amide bonds. The van der Waals surface area contributed by atoms with E-state index in [-0.39, 0.29) is 18.0 Å². The lowest BCUT2D eigenvalue weighted by Gasteiger charge is -2.06. The van der Waals surface area contributed by atoms with E-state index in [2.05, 4.69) is 0 Å². The van der Waals surface area contributed by atoms with E-state index in [1.54, 1.807) is 0 Å². The van der Waals surface area contributed by atoms with Gasteiger partial charge in [-0.05, 0) is 18.6 Å². The van der Waals surface area contributed by atoms with E-state index < -0.39 is 11.8 Å². The van der Waals surface area contributed by atoms with Crippen molar-refractivity contribution in [2.45, 2.75) is 19.8 Å². The van der Waals surface area contributed by atoms with Crippen LogP contribution >= 0.6 is 0 Å². The molecule has 1 aliphatic rings. The van der Waals surface area contributed by atoms with Gasteiger partial charge in [-0.15, -0.1) is 0 Å². The first-order valence-corrected chi connectivity index (χ1v) is 4.80. The second kappa shape index (κ2) is 5.24. The topological polar surface area (TPSA) is 60.4 Å². The van der Waals surface area contributed by atoms with Gasteiger partial charge in [0.05, 0.1) is 6.61 Å². The van der Waals surface area contributed by atoms with E-state index in [9.17, 15) is 14.4 Å². The van der Waals surface area contributed by atoms with E-state index in [1.165, 1.54) is 0 Å². The second-order valence-corrected chi connectivity index (χ2v) is 3.15. The number of unbranched alkanes of at least 4 members (excludes halogenated alkanes) is 1. The van der Waals surface area contributed by atoms with E-state index in [1.807, 2.05) is 6.92 Å². The summed E-state index contributed by atoms with van der Waals surface area (Å²) in [6.45, 7) is 2.24. The molecule has 1 rings (SSSR count). The number of carbonyl (C=O) groups excluding carboxylic acids is 3. The Balaban J connectivity index is 2.59. The molecule has 80 valence electrons. The number of ether oxygens (including phenoxy) is 1. The van der Waals surface area contributed by atoms with Crippen LogP contribution in [-0.4, -0.2) is 24.1 Å². The van der Waals surface area contributed by atoms with Crippen molar-refractivity contribution >= 4 is 17.5 Å². The maximum atomic E-state index is 11.3. The number of allylic oxidation sites excluding steroid dienone is 3. The van der Waals surface area contributed by atoms with Crippen LogP contribution in [0.2, 0.25) is 0 Å². The zero-order valence-electron chi connectivity index (χ0n) is 8.49. The Morgan fingerprint density at radius 3 is 2.73 bits per heavy atom. The van der Waals surface area contributed by atoms with Crippen LogP contribution in [0, 0.1) is 0 Å². The maximum absolute atomic E-state index is 11.3. The van der Waals surface area contributed by atoms with Gasteiger partial charge in [-0.1, -0.05) is 13.3 Å². The lowest BCUT2D eigenvalue weighted by Crippen LogP contribution is -2.18. The number of esters is 1. The number of rotatable bonds is 4. The highest BCUT2D eigenvalue weighted by molar-refractivity contribution is 6.28. The highest BCUT2D eigenvalue weighted by Gasteiger charge is 2.21. The first-order valence-electron chi connectivity index (χ1n) is 4.80. The lowest BCUT2D eigenvalue weighted by molar-refractivity contribution is -0.140. The summed E-state index contributed by atoms with van der Waals surface area (Å²) in [6.07, 6.45) is 4.87. The number of carbonyl (C=O) groups is 3. The zero-order valence-corrected chi connectivity index (χ0v) is 8.49. The average molecular weight is 208 g/mol. The quantitative estimate of drug-likeness (QED) is 0.299. The predicted octanol–water partition coefficient (Wildman–Crippen LogP) is 0.964. The standard InChI is InChI=1S/C11H12O4/c1-2-3-6-15-11(14)9-7-8(12)4-5-10(9)13/h4-5,7H,2-3,6H2,1H3. The molecule has 0 aliphatic heterocycles. The third kappa shape index (κ3) is 3.16. The van der Waals surface area contributed by atoms with E-state index in [4.69, 9.17) is 4.74 Å². The molecule has 1 aliphatic carbocycles. The third-order valence-corrected chi connectivity index (χ3v) is 1.90. The second-order valence-electron chi connectivity index (χ2n) is 3.15. The Kier molecular flexibility index (Phi) is 3.97. The van der Waals surface area contributed by atoms with Crippen molar-refractivity contribution in [2.24, 2.45) is 0 Å². The van der Waals surface area contributed by atoms with Crippen molar-refractivity contribution in [3.8, 4) is 0 Å². The molecule has 0 spiro atoms. The van der Waals surface area contributed by atoms with E-state index >= 15 is 0 Å². The van der Waals surface area contributed by atoms with Gasteiger partial charge in [0.15, 0.2) is 11.6 Å². The monoisotopic (exact) mass is 208 g/mol. The summed E-state index contributed by atoms with van der Waals surface area (Å²) >= 11 is 0. The highest BCUT2D eigenvalue weighted by Crippen LogP contribution is 2.07. The Morgan fingerprint density at radius 2 is 2.07 bits per heavy atom. The molecule has 0 radical (unpaired) electrons. The van der Waals surface area contributed by atoms with Crippen molar-refractivity contribution in [3.05, 3.63) is 23.8 Å². The van der Waals surface area contributed by atoms with Crippen LogP contribution in [0.25, 0.3) is 0 Å². The van der Waals surface area contributed by atoms with Crippen molar-refractivity contribution in [2.75, 3.05) is 6.61 Å².